The summed E-state index contributed by atoms with van der Waals surface area (Å²) in [6.07, 6.45) is 6.43. The third-order valence-corrected chi connectivity index (χ3v) is 4.02. The van der Waals surface area contributed by atoms with Gasteiger partial charge in [0, 0.05) is 36.5 Å². The van der Waals surface area contributed by atoms with Crippen LogP contribution in [0.25, 0.3) is 10.9 Å². The van der Waals surface area contributed by atoms with Crippen molar-refractivity contribution in [1.82, 2.24) is 4.98 Å². The van der Waals surface area contributed by atoms with Gasteiger partial charge in [-0.2, -0.15) is 0 Å². The summed E-state index contributed by atoms with van der Waals surface area (Å²) >= 11 is 0. The molecule has 1 aromatic heterocycles. The van der Waals surface area contributed by atoms with E-state index < -0.39 is 0 Å². The maximum Gasteiger partial charge on any atom is 0.0722 e. The van der Waals surface area contributed by atoms with E-state index in [-0.39, 0.29) is 6.61 Å². The summed E-state index contributed by atoms with van der Waals surface area (Å²) in [4.78, 5) is 6.89. The van der Waals surface area contributed by atoms with Gasteiger partial charge < -0.3 is 10.0 Å². The fourth-order valence-corrected chi connectivity index (χ4v) is 3.10. The molecule has 1 N–H and O–H groups in total. The number of hydrogen-bond acceptors (Lipinski definition) is 3. The van der Waals surface area contributed by atoms with Gasteiger partial charge in [-0.25, -0.2) is 0 Å². The summed E-state index contributed by atoms with van der Waals surface area (Å²) < 4.78 is 0. The van der Waals surface area contributed by atoms with E-state index in [9.17, 15) is 5.11 Å². The van der Waals surface area contributed by atoms with E-state index in [4.69, 9.17) is 0 Å². The molecule has 1 aliphatic rings. The van der Waals surface area contributed by atoms with Crippen molar-refractivity contribution in [2.75, 3.05) is 18.1 Å². The third-order valence-electron chi connectivity index (χ3n) is 4.02. The van der Waals surface area contributed by atoms with Crippen LogP contribution in [0.1, 0.15) is 25.7 Å². The second-order valence-corrected chi connectivity index (χ2v) is 5.20. The van der Waals surface area contributed by atoms with Gasteiger partial charge in [-0.05, 0) is 37.8 Å². The molecule has 3 heteroatoms. The van der Waals surface area contributed by atoms with Crippen LogP contribution in [0.2, 0.25) is 0 Å². The molecule has 0 bridgehead atoms. The van der Waals surface area contributed by atoms with Crippen molar-refractivity contribution in [3.63, 3.8) is 0 Å². The molecule has 0 radical (unpaired) electrons. The number of fused-ring (bicyclic) bond motifs is 1. The smallest absolute Gasteiger partial charge is 0.0722 e. The van der Waals surface area contributed by atoms with Gasteiger partial charge in [-0.15, -0.1) is 0 Å². The van der Waals surface area contributed by atoms with E-state index in [2.05, 4.69) is 34.1 Å². The molecule has 1 unspecified atom stereocenters. The van der Waals surface area contributed by atoms with Crippen LogP contribution in [-0.2, 0) is 0 Å². The van der Waals surface area contributed by atoms with E-state index in [0.29, 0.717) is 6.04 Å². The standard InChI is InChI=1S/C16H20N2O/c19-12-9-13-5-3-4-11-18(13)16-8-10-17-15-7-2-1-6-14(15)16/h1-2,6-8,10,13,19H,3-5,9,11-12H2. The first-order valence-electron chi connectivity index (χ1n) is 7.11. The number of pyridine rings is 1. The Bertz CT molecular complexity index is 548. The maximum atomic E-state index is 9.26. The van der Waals surface area contributed by atoms with Gasteiger partial charge in [0.05, 0.1) is 5.52 Å². The molecule has 2 aromatic rings. The average molecular weight is 256 g/mol. The van der Waals surface area contributed by atoms with E-state index in [1.165, 1.54) is 30.3 Å². The molecule has 1 saturated heterocycles. The number of piperidine rings is 1. The van der Waals surface area contributed by atoms with Crippen molar-refractivity contribution in [2.45, 2.75) is 31.7 Å². The fourth-order valence-electron chi connectivity index (χ4n) is 3.10. The number of anilines is 1. The Balaban J connectivity index is 2.02. The van der Waals surface area contributed by atoms with Crippen LogP contribution >= 0.6 is 0 Å². The molecule has 1 atom stereocenters. The molecule has 0 amide bonds. The van der Waals surface area contributed by atoms with E-state index in [0.717, 1.165) is 18.5 Å². The largest absolute Gasteiger partial charge is 0.396 e. The van der Waals surface area contributed by atoms with Gasteiger partial charge in [0.15, 0.2) is 0 Å². The lowest BCUT2D eigenvalue weighted by atomic mass is 9.98. The van der Waals surface area contributed by atoms with Gasteiger partial charge >= 0.3 is 0 Å². The number of aliphatic hydroxyl groups is 1. The summed E-state index contributed by atoms with van der Waals surface area (Å²) in [5.41, 5.74) is 2.32. The molecule has 0 spiro atoms. The number of nitrogens with zero attached hydrogens (tertiary/aromatic N) is 2. The monoisotopic (exact) mass is 256 g/mol. The number of aromatic nitrogens is 1. The molecule has 100 valence electrons. The highest BCUT2D eigenvalue weighted by Crippen LogP contribution is 2.31. The summed E-state index contributed by atoms with van der Waals surface area (Å²) in [6, 6.07) is 10.9. The van der Waals surface area contributed by atoms with Gasteiger partial charge in [-0.3, -0.25) is 4.98 Å². The minimum absolute atomic E-state index is 0.268. The van der Waals surface area contributed by atoms with Crippen LogP contribution < -0.4 is 4.90 Å². The van der Waals surface area contributed by atoms with Crippen molar-refractivity contribution < 1.29 is 5.11 Å². The Kier molecular flexibility index (Phi) is 3.65. The zero-order valence-electron chi connectivity index (χ0n) is 11.1. The number of hydrogen-bond donors (Lipinski definition) is 1. The molecule has 0 saturated carbocycles. The Morgan fingerprint density at radius 3 is 3.00 bits per heavy atom. The summed E-state index contributed by atoms with van der Waals surface area (Å²) in [7, 11) is 0. The number of benzene rings is 1. The maximum absolute atomic E-state index is 9.26. The van der Waals surface area contributed by atoms with Crippen LogP contribution in [-0.4, -0.2) is 29.3 Å². The van der Waals surface area contributed by atoms with Crippen molar-refractivity contribution in [3.05, 3.63) is 36.5 Å². The molecular weight excluding hydrogens is 236 g/mol. The predicted octanol–water partition coefficient (Wildman–Crippen LogP) is 2.98. The van der Waals surface area contributed by atoms with E-state index >= 15 is 0 Å². The molecule has 0 aliphatic carbocycles. The second-order valence-electron chi connectivity index (χ2n) is 5.20. The normalized spacial score (nSPS) is 19.8. The number of para-hydroxylation sites is 1. The lowest BCUT2D eigenvalue weighted by molar-refractivity contribution is 0.262. The molecule has 1 aliphatic heterocycles. The number of aliphatic hydroxyl groups excluding tert-OH is 1. The summed E-state index contributed by atoms with van der Waals surface area (Å²) in [5.74, 6) is 0. The highest BCUT2D eigenvalue weighted by atomic mass is 16.3. The Labute approximate surface area is 113 Å². The number of rotatable bonds is 3. The summed E-state index contributed by atoms with van der Waals surface area (Å²) in [6.45, 7) is 1.35. The zero-order chi connectivity index (χ0) is 13.1. The predicted molar refractivity (Wildman–Crippen MR) is 78.4 cm³/mol. The van der Waals surface area contributed by atoms with Gasteiger partial charge in [0.2, 0.25) is 0 Å². The third kappa shape index (κ3) is 2.43. The topological polar surface area (TPSA) is 36.4 Å². The van der Waals surface area contributed by atoms with Crippen LogP contribution in [0.4, 0.5) is 5.69 Å². The lowest BCUT2D eigenvalue weighted by Gasteiger charge is -2.38. The molecule has 1 fully saturated rings. The SMILES string of the molecule is OCCC1CCCCN1c1ccnc2ccccc12. The van der Waals surface area contributed by atoms with Crippen molar-refractivity contribution in [1.29, 1.82) is 0 Å². The van der Waals surface area contributed by atoms with Crippen LogP contribution in [0.15, 0.2) is 36.5 Å². The Morgan fingerprint density at radius 1 is 1.21 bits per heavy atom. The quantitative estimate of drug-likeness (QED) is 0.917. The highest BCUT2D eigenvalue weighted by molar-refractivity contribution is 5.91. The molecular formula is C16H20N2O. The minimum Gasteiger partial charge on any atom is -0.396 e. The second kappa shape index (κ2) is 5.57. The van der Waals surface area contributed by atoms with Gasteiger partial charge in [0.1, 0.15) is 0 Å². The fraction of sp³-hybridized carbons (Fsp3) is 0.438. The van der Waals surface area contributed by atoms with Crippen molar-refractivity contribution >= 4 is 16.6 Å². The Morgan fingerprint density at radius 2 is 2.11 bits per heavy atom. The summed E-state index contributed by atoms with van der Waals surface area (Å²) in [5, 5.41) is 10.5. The first kappa shape index (κ1) is 12.4. The van der Waals surface area contributed by atoms with Gasteiger partial charge in [0.25, 0.3) is 0 Å². The zero-order valence-corrected chi connectivity index (χ0v) is 11.1. The van der Waals surface area contributed by atoms with Crippen molar-refractivity contribution in [3.8, 4) is 0 Å². The molecule has 1 aromatic carbocycles. The van der Waals surface area contributed by atoms with Gasteiger partial charge in [-0.1, -0.05) is 18.2 Å². The molecule has 3 nitrogen and oxygen atoms in total. The Hall–Kier alpha value is -1.61. The molecule has 2 heterocycles. The van der Waals surface area contributed by atoms with Crippen LogP contribution in [0.3, 0.4) is 0 Å². The van der Waals surface area contributed by atoms with Crippen molar-refractivity contribution in [2.24, 2.45) is 0 Å². The molecule has 3 rings (SSSR count). The molecule has 19 heavy (non-hydrogen) atoms. The minimum atomic E-state index is 0.268. The first-order chi connectivity index (χ1) is 9.40. The highest BCUT2D eigenvalue weighted by Gasteiger charge is 2.23. The van der Waals surface area contributed by atoms with E-state index in [1.54, 1.807) is 0 Å². The lowest BCUT2D eigenvalue weighted by Crippen LogP contribution is -2.40. The average Bonchev–Trinajstić information content (AvgIpc) is 2.48. The van der Waals surface area contributed by atoms with Crippen LogP contribution in [0.5, 0.6) is 0 Å². The van der Waals surface area contributed by atoms with Crippen LogP contribution in [0, 0.1) is 0 Å². The van der Waals surface area contributed by atoms with E-state index in [1.807, 2.05) is 12.3 Å². The first-order valence-corrected chi connectivity index (χ1v) is 7.11.